The summed E-state index contributed by atoms with van der Waals surface area (Å²) in [6.07, 6.45) is 4.59. The van der Waals surface area contributed by atoms with Crippen molar-refractivity contribution in [1.29, 1.82) is 0 Å². The van der Waals surface area contributed by atoms with Crippen LogP contribution in [0.3, 0.4) is 0 Å². The van der Waals surface area contributed by atoms with Crippen LogP contribution in [0.5, 0.6) is 0 Å². The number of rotatable bonds is 5. The summed E-state index contributed by atoms with van der Waals surface area (Å²) >= 11 is 0. The third-order valence-electron chi connectivity index (χ3n) is 5.02. The van der Waals surface area contributed by atoms with Gasteiger partial charge in [-0.15, -0.1) is 0 Å². The largest absolute Gasteiger partial charge is 0.395 e. The zero-order chi connectivity index (χ0) is 20.4. The number of primary sulfonamides is 1. The first kappa shape index (κ1) is 19.6. The topological polar surface area (TPSA) is 126 Å². The maximum Gasteiger partial charge on any atom is 0.239 e. The van der Waals surface area contributed by atoms with Crippen LogP contribution >= 0.6 is 0 Å². The van der Waals surface area contributed by atoms with Gasteiger partial charge in [-0.25, -0.2) is 18.5 Å². The van der Waals surface area contributed by atoms with E-state index in [0.717, 1.165) is 48.6 Å². The maximum absolute atomic E-state index is 11.6. The molecule has 0 aliphatic carbocycles. The smallest absolute Gasteiger partial charge is 0.239 e. The number of fused-ring (bicyclic) bond motifs is 1. The summed E-state index contributed by atoms with van der Waals surface area (Å²) in [4.78, 5) is 17.6. The van der Waals surface area contributed by atoms with Crippen molar-refractivity contribution in [2.75, 3.05) is 44.2 Å². The van der Waals surface area contributed by atoms with Crippen molar-refractivity contribution in [3.8, 4) is 11.1 Å². The minimum absolute atomic E-state index is 0.0318. The lowest BCUT2D eigenvalue weighted by Crippen LogP contribution is -2.47. The van der Waals surface area contributed by atoms with Crippen LogP contribution in [0.25, 0.3) is 22.2 Å². The normalized spacial score (nSPS) is 15.7. The summed E-state index contributed by atoms with van der Waals surface area (Å²) in [5, 5.41) is 14.3. The molecule has 0 saturated carbocycles. The molecule has 2 aromatic heterocycles. The highest BCUT2D eigenvalue weighted by Crippen LogP contribution is 2.25. The fourth-order valence-corrected chi connectivity index (χ4v) is 3.91. The number of aliphatic hydroxyl groups is 1. The van der Waals surface area contributed by atoms with Crippen molar-refractivity contribution in [3.63, 3.8) is 0 Å². The number of piperazine rings is 1. The van der Waals surface area contributed by atoms with Crippen LogP contribution in [0, 0.1) is 0 Å². The molecule has 1 saturated heterocycles. The Bertz CT molecular complexity index is 1130. The van der Waals surface area contributed by atoms with Gasteiger partial charge in [-0.3, -0.25) is 14.9 Å². The minimum atomic E-state index is -3.82. The maximum atomic E-state index is 11.6. The Morgan fingerprint density at radius 2 is 1.79 bits per heavy atom. The monoisotopic (exact) mass is 414 g/mol. The number of hydrogen-bond donors (Lipinski definition) is 2. The van der Waals surface area contributed by atoms with E-state index in [1.807, 2.05) is 18.2 Å². The molecule has 1 aromatic carbocycles. The molecule has 0 amide bonds. The highest BCUT2D eigenvalue weighted by Gasteiger charge is 2.18. The van der Waals surface area contributed by atoms with Gasteiger partial charge in [0.05, 0.1) is 23.8 Å². The van der Waals surface area contributed by atoms with Crippen LogP contribution in [-0.2, 0) is 10.0 Å². The standard InChI is InChI=1S/C19H22N6O3S/c20-29(27,28)16-9-15(11-21-12-16)14-1-2-17-18(10-14)23-19(13-22-17)25-5-3-24(4-6-25)7-8-26/h1-2,9-13,26H,3-8H2,(H2,20,27,28). The summed E-state index contributed by atoms with van der Waals surface area (Å²) in [6, 6.07) is 7.08. The Kier molecular flexibility index (Phi) is 5.41. The first-order chi connectivity index (χ1) is 13.9. The number of anilines is 1. The van der Waals surface area contributed by atoms with Crippen molar-refractivity contribution in [1.82, 2.24) is 19.9 Å². The molecule has 1 aliphatic rings. The number of pyridine rings is 1. The number of aromatic nitrogens is 3. The highest BCUT2D eigenvalue weighted by atomic mass is 32.2. The Labute approximate surface area is 168 Å². The summed E-state index contributed by atoms with van der Waals surface area (Å²) in [5.74, 6) is 0.801. The van der Waals surface area contributed by atoms with Gasteiger partial charge < -0.3 is 10.0 Å². The molecule has 3 aromatic rings. The summed E-state index contributed by atoms with van der Waals surface area (Å²) in [6.45, 7) is 4.23. The predicted octanol–water partition coefficient (Wildman–Crippen LogP) is 0.454. The Balaban J connectivity index is 1.63. The van der Waals surface area contributed by atoms with Gasteiger partial charge >= 0.3 is 0 Å². The fraction of sp³-hybridized carbons (Fsp3) is 0.316. The number of β-amino-alcohol motifs (C(OH)–C–C–N with tert-alkyl or cyclic N) is 1. The molecule has 1 aliphatic heterocycles. The van der Waals surface area contributed by atoms with E-state index in [0.29, 0.717) is 12.1 Å². The molecule has 152 valence electrons. The van der Waals surface area contributed by atoms with Gasteiger partial charge in [-0.1, -0.05) is 6.07 Å². The first-order valence-corrected chi connectivity index (χ1v) is 10.8. The molecule has 0 unspecified atom stereocenters. The van der Waals surface area contributed by atoms with E-state index in [1.165, 1.54) is 12.3 Å². The average molecular weight is 414 g/mol. The van der Waals surface area contributed by atoms with Gasteiger partial charge in [0.2, 0.25) is 10.0 Å². The average Bonchev–Trinajstić information content (AvgIpc) is 2.73. The first-order valence-electron chi connectivity index (χ1n) is 9.27. The van der Waals surface area contributed by atoms with Gasteiger partial charge in [0, 0.05) is 50.7 Å². The van der Waals surface area contributed by atoms with E-state index in [-0.39, 0.29) is 11.5 Å². The molecule has 0 spiro atoms. The number of hydrogen-bond acceptors (Lipinski definition) is 8. The fourth-order valence-electron chi connectivity index (χ4n) is 3.41. The summed E-state index contributed by atoms with van der Waals surface area (Å²) in [7, 11) is -3.82. The lowest BCUT2D eigenvalue weighted by molar-refractivity contribution is 0.188. The van der Waals surface area contributed by atoms with Crippen molar-refractivity contribution >= 4 is 26.9 Å². The van der Waals surface area contributed by atoms with Crippen molar-refractivity contribution in [3.05, 3.63) is 42.9 Å². The number of nitrogens with zero attached hydrogens (tertiary/aromatic N) is 5. The lowest BCUT2D eigenvalue weighted by atomic mass is 10.1. The molecule has 10 heteroatoms. The van der Waals surface area contributed by atoms with Gasteiger partial charge in [-0.05, 0) is 23.8 Å². The van der Waals surface area contributed by atoms with Crippen LogP contribution < -0.4 is 10.0 Å². The number of benzene rings is 1. The van der Waals surface area contributed by atoms with E-state index >= 15 is 0 Å². The lowest BCUT2D eigenvalue weighted by Gasteiger charge is -2.34. The van der Waals surface area contributed by atoms with E-state index in [9.17, 15) is 8.42 Å². The highest BCUT2D eigenvalue weighted by molar-refractivity contribution is 7.89. The van der Waals surface area contributed by atoms with E-state index in [1.54, 1.807) is 12.4 Å². The van der Waals surface area contributed by atoms with E-state index < -0.39 is 10.0 Å². The predicted molar refractivity (Wildman–Crippen MR) is 110 cm³/mol. The van der Waals surface area contributed by atoms with Crippen LogP contribution in [0.4, 0.5) is 5.82 Å². The van der Waals surface area contributed by atoms with Crippen molar-refractivity contribution in [2.45, 2.75) is 4.90 Å². The second kappa shape index (κ2) is 7.99. The number of aliphatic hydroxyl groups excluding tert-OH is 1. The molecule has 3 N–H and O–H groups in total. The van der Waals surface area contributed by atoms with Crippen molar-refractivity contribution < 1.29 is 13.5 Å². The van der Waals surface area contributed by atoms with E-state index in [2.05, 4.69) is 19.8 Å². The molecular weight excluding hydrogens is 392 g/mol. The van der Waals surface area contributed by atoms with Crippen LogP contribution in [-0.4, -0.2) is 72.7 Å². The third-order valence-corrected chi connectivity index (χ3v) is 5.90. The van der Waals surface area contributed by atoms with Crippen LogP contribution in [0.2, 0.25) is 0 Å². The molecule has 0 atom stereocenters. The van der Waals surface area contributed by atoms with Gasteiger partial charge in [-0.2, -0.15) is 0 Å². The quantitative estimate of drug-likeness (QED) is 0.617. The second-order valence-corrected chi connectivity index (χ2v) is 8.50. The third kappa shape index (κ3) is 4.35. The summed E-state index contributed by atoms with van der Waals surface area (Å²) < 4.78 is 23.2. The van der Waals surface area contributed by atoms with Crippen LogP contribution in [0.1, 0.15) is 0 Å². The van der Waals surface area contributed by atoms with Crippen LogP contribution in [0.15, 0.2) is 47.8 Å². The number of sulfonamides is 1. The summed E-state index contributed by atoms with van der Waals surface area (Å²) in [5.41, 5.74) is 2.91. The van der Waals surface area contributed by atoms with Gasteiger partial charge in [0.15, 0.2) is 0 Å². The zero-order valence-electron chi connectivity index (χ0n) is 15.8. The molecular formula is C19H22N6O3S. The van der Waals surface area contributed by atoms with Gasteiger partial charge in [0.1, 0.15) is 10.7 Å². The molecule has 3 heterocycles. The second-order valence-electron chi connectivity index (χ2n) is 6.94. The molecule has 29 heavy (non-hydrogen) atoms. The SMILES string of the molecule is NS(=O)(=O)c1cncc(-c2ccc3ncc(N4CCN(CCO)CC4)nc3c2)c1. The Hall–Kier alpha value is -2.66. The molecule has 0 bridgehead atoms. The number of nitrogens with two attached hydrogens (primary N) is 1. The van der Waals surface area contributed by atoms with E-state index in [4.69, 9.17) is 15.2 Å². The zero-order valence-corrected chi connectivity index (χ0v) is 16.6. The Morgan fingerprint density at radius 1 is 1.00 bits per heavy atom. The van der Waals surface area contributed by atoms with Gasteiger partial charge in [0.25, 0.3) is 0 Å². The van der Waals surface area contributed by atoms with Crippen molar-refractivity contribution in [2.24, 2.45) is 5.14 Å². The Morgan fingerprint density at radius 3 is 2.52 bits per heavy atom. The molecule has 4 rings (SSSR count). The molecule has 1 fully saturated rings. The molecule has 9 nitrogen and oxygen atoms in total. The minimum Gasteiger partial charge on any atom is -0.395 e. The molecule has 0 radical (unpaired) electrons.